The average Bonchev–Trinajstić information content (AvgIpc) is 2.21. The summed E-state index contributed by atoms with van der Waals surface area (Å²) in [5, 5.41) is 18.9. The Morgan fingerprint density at radius 2 is 2.12 bits per heavy atom. The van der Waals surface area contributed by atoms with Gasteiger partial charge in [-0.2, -0.15) is 0 Å². The van der Waals surface area contributed by atoms with Crippen molar-refractivity contribution < 1.29 is 15.0 Å². The van der Waals surface area contributed by atoms with Gasteiger partial charge in [-0.25, -0.2) is 0 Å². The lowest BCUT2D eigenvalue weighted by molar-refractivity contribution is -0.138. The van der Waals surface area contributed by atoms with Crippen LogP contribution in [0.5, 0.6) is 5.75 Å². The van der Waals surface area contributed by atoms with Gasteiger partial charge in [0.25, 0.3) is 0 Å². The Bertz CT molecular complexity index is 405. The maximum absolute atomic E-state index is 11.1. The molecule has 0 radical (unpaired) electrons. The zero-order valence-corrected chi connectivity index (χ0v) is 10.7. The Morgan fingerprint density at radius 3 is 2.56 bits per heavy atom. The molecule has 1 atom stereocenters. The molecule has 5 heteroatoms. The molecule has 0 saturated heterocycles. The molecule has 16 heavy (non-hydrogen) atoms. The fraction of sp³-hybridized carbons (Fsp3) is 0.364. The van der Waals surface area contributed by atoms with Crippen molar-refractivity contribution in [3.8, 4) is 5.75 Å². The summed E-state index contributed by atoms with van der Waals surface area (Å²) < 4.78 is 0.491. The van der Waals surface area contributed by atoms with Gasteiger partial charge in [0, 0.05) is 12.1 Å². The van der Waals surface area contributed by atoms with E-state index in [1.807, 2.05) is 6.92 Å². The summed E-state index contributed by atoms with van der Waals surface area (Å²) in [4.78, 5) is 11.1. The van der Waals surface area contributed by atoms with E-state index in [1.165, 1.54) is 0 Å². The molecular formula is C11H14BrNO3. The molecule has 4 N–H and O–H groups in total. The van der Waals surface area contributed by atoms with Gasteiger partial charge in [-0.15, -0.1) is 0 Å². The lowest BCUT2D eigenvalue weighted by atomic mass is 9.91. The first-order valence-electron chi connectivity index (χ1n) is 4.81. The third-order valence-electron chi connectivity index (χ3n) is 2.70. The number of phenols is 1. The number of hydrogen-bond acceptors (Lipinski definition) is 3. The second kappa shape index (κ2) is 4.84. The number of aromatic hydroxyl groups is 1. The SMILES string of the molecule is Cc1cc(Br)c(O)c(C(CN)C(=O)O)c1C. The van der Waals surface area contributed by atoms with Crippen molar-refractivity contribution >= 4 is 21.9 Å². The van der Waals surface area contributed by atoms with Crippen LogP contribution in [0, 0.1) is 13.8 Å². The van der Waals surface area contributed by atoms with Crippen LogP contribution in [-0.4, -0.2) is 22.7 Å². The van der Waals surface area contributed by atoms with E-state index < -0.39 is 11.9 Å². The van der Waals surface area contributed by atoms with Crippen molar-refractivity contribution in [2.24, 2.45) is 5.73 Å². The lowest BCUT2D eigenvalue weighted by Crippen LogP contribution is -2.22. The van der Waals surface area contributed by atoms with E-state index in [1.54, 1.807) is 13.0 Å². The highest BCUT2D eigenvalue weighted by Gasteiger charge is 2.25. The van der Waals surface area contributed by atoms with E-state index in [0.29, 0.717) is 10.0 Å². The summed E-state index contributed by atoms with van der Waals surface area (Å²) in [5.74, 6) is -1.95. The fourth-order valence-electron chi connectivity index (χ4n) is 1.65. The molecule has 0 aromatic heterocycles. The number of carboxylic acids is 1. The molecule has 0 amide bonds. The van der Waals surface area contributed by atoms with Crippen molar-refractivity contribution in [2.75, 3.05) is 6.54 Å². The van der Waals surface area contributed by atoms with Crippen LogP contribution in [0.1, 0.15) is 22.6 Å². The van der Waals surface area contributed by atoms with E-state index in [2.05, 4.69) is 15.9 Å². The number of aliphatic carboxylic acids is 1. The molecule has 0 aliphatic carbocycles. The fourth-order valence-corrected chi connectivity index (χ4v) is 2.21. The first-order valence-corrected chi connectivity index (χ1v) is 5.60. The lowest BCUT2D eigenvalue weighted by Gasteiger charge is -2.17. The predicted molar refractivity (Wildman–Crippen MR) is 64.7 cm³/mol. The highest BCUT2D eigenvalue weighted by molar-refractivity contribution is 9.10. The van der Waals surface area contributed by atoms with Crippen molar-refractivity contribution in [3.05, 3.63) is 27.2 Å². The molecule has 1 rings (SSSR count). The van der Waals surface area contributed by atoms with Crippen molar-refractivity contribution in [1.82, 2.24) is 0 Å². The molecular weight excluding hydrogens is 274 g/mol. The Kier molecular flexibility index (Phi) is 3.93. The molecule has 0 aliphatic heterocycles. The number of aryl methyl sites for hydroxylation is 1. The normalized spacial score (nSPS) is 12.5. The van der Waals surface area contributed by atoms with Crippen LogP contribution in [0.2, 0.25) is 0 Å². The first-order chi connectivity index (χ1) is 7.40. The molecule has 0 bridgehead atoms. The number of hydrogen-bond donors (Lipinski definition) is 3. The minimum absolute atomic E-state index is 0.0408. The van der Waals surface area contributed by atoms with Gasteiger partial charge in [-0.1, -0.05) is 0 Å². The van der Waals surface area contributed by atoms with E-state index >= 15 is 0 Å². The molecule has 1 aromatic rings. The number of carboxylic acid groups (broad SMARTS) is 1. The van der Waals surface area contributed by atoms with Crippen LogP contribution in [0.3, 0.4) is 0 Å². The number of halogens is 1. The first kappa shape index (κ1) is 13.0. The zero-order chi connectivity index (χ0) is 12.5. The molecule has 0 fully saturated rings. The van der Waals surface area contributed by atoms with Gasteiger partial charge >= 0.3 is 5.97 Å². The topological polar surface area (TPSA) is 83.5 Å². The van der Waals surface area contributed by atoms with E-state index in [4.69, 9.17) is 10.8 Å². The smallest absolute Gasteiger partial charge is 0.312 e. The highest BCUT2D eigenvalue weighted by Crippen LogP contribution is 2.37. The number of benzene rings is 1. The number of carbonyl (C=O) groups is 1. The Balaban J connectivity index is 3.47. The number of phenolic OH excluding ortho intramolecular Hbond substituents is 1. The second-order valence-corrected chi connectivity index (χ2v) is 4.54. The Morgan fingerprint density at radius 1 is 1.56 bits per heavy atom. The molecule has 1 aromatic carbocycles. The molecule has 0 heterocycles. The van der Waals surface area contributed by atoms with Crippen molar-refractivity contribution in [3.63, 3.8) is 0 Å². The molecule has 88 valence electrons. The summed E-state index contributed by atoms with van der Waals surface area (Å²) in [5.41, 5.74) is 7.51. The van der Waals surface area contributed by atoms with Gasteiger partial charge in [-0.05, 0) is 47.0 Å². The summed E-state index contributed by atoms with van der Waals surface area (Å²) >= 11 is 3.19. The van der Waals surface area contributed by atoms with Crippen LogP contribution >= 0.6 is 15.9 Å². The Hall–Kier alpha value is -1.07. The molecule has 0 saturated carbocycles. The largest absolute Gasteiger partial charge is 0.506 e. The van der Waals surface area contributed by atoms with E-state index in [0.717, 1.165) is 11.1 Å². The van der Waals surface area contributed by atoms with Crippen LogP contribution in [0.4, 0.5) is 0 Å². The molecule has 0 spiro atoms. The monoisotopic (exact) mass is 287 g/mol. The average molecular weight is 288 g/mol. The van der Waals surface area contributed by atoms with Gasteiger partial charge in [0.1, 0.15) is 5.75 Å². The maximum atomic E-state index is 11.1. The molecule has 1 unspecified atom stereocenters. The number of nitrogens with two attached hydrogens (primary N) is 1. The molecule has 4 nitrogen and oxygen atoms in total. The minimum Gasteiger partial charge on any atom is -0.506 e. The Labute approximate surface area is 102 Å². The van der Waals surface area contributed by atoms with Crippen molar-refractivity contribution in [2.45, 2.75) is 19.8 Å². The van der Waals surface area contributed by atoms with Crippen molar-refractivity contribution in [1.29, 1.82) is 0 Å². The van der Waals surface area contributed by atoms with Gasteiger partial charge in [0.2, 0.25) is 0 Å². The van der Waals surface area contributed by atoms with Gasteiger partial charge in [0.15, 0.2) is 0 Å². The van der Waals surface area contributed by atoms with Crippen LogP contribution < -0.4 is 5.73 Å². The summed E-state index contributed by atoms with van der Waals surface area (Å²) in [6, 6.07) is 1.75. The summed E-state index contributed by atoms with van der Waals surface area (Å²) in [6.07, 6.45) is 0. The van der Waals surface area contributed by atoms with E-state index in [-0.39, 0.29) is 12.3 Å². The maximum Gasteiger partial charge on any atom is 0.312 e. The van der Waals surface area contributed by atoms with Crippen LogP contribution in [-0.2, 0) is 4.79 Å². The van der Waals surface area contributed by atoms with Crippen LogP contribution in [0.25, 0.3) is 0 Å². The number of rotatable bonds is 3. The van der Waals surface area contributed by atoms with Gasteiger partial charge in [0.05, 0.1) is 10.4 Å². The predicted octanol–water partition coefficient (Wildman–Crippen LogP) is 1.90. The quantitative estimate of drug-likeness (QED) is 0.793. The molecule has 0 aliphatic rings. The standard InChI is InChI=1S/C11H14BrNO3/c1-5-3-8(12)10(14)9(6(5)2)7(4-13)11(15)16/h3,7,14H,4,13H2,1-2H3,(H,15,16). The minimum atomic E-state index is -1.03. The third-order valence-corrected chi connectivity index (χ3v) is 3.31. The van der Waals surface area contributed by atoms with Gasteiger partial charge < -0.3 is 15.9 Å². The zero-order valence-electron chi connectivity index (χ0n) is 9.12. The van der Waals surface area contributed by atoms with Gasteiger partial charge in [-0.3, -0.25) is 4.79 Å². The third kappa shape index (κ3) is 2.20. The summed E-state index contributed by atoms with van der Waals surface area (Å²) in [7, 11) is 0. The van der Waals surface area contributed by atoms with Crippen LogP contribution in [0.15, 0.2) is 10.5 Å². The highest BCUT2D eigenvalue weighted by atomic mass is 79.9. The second-order valence-electron chi connectivity index (χ2n) is 3.69. The summed E-state index contributed by atoms with van der Waals surface area (Å²) in [6.45, 7) is 3.60. The van der Waals surface area contributed by atoms with E-state index in [9.17, 15) is 9.90 Å².